The smallest absolute Gasteiger partial charge is 0.311 e. The highest BCUT2D eigenvalue weighted by molar-refractivity contribution is 5.59. The molecule has 1 fully saturated rings. The Morgan fingerprint density at radius 1 is 1.47 bits per heavy atom. The van der Waals surface area contributed by atoms with Gasteiger partial charge in [0, 0.05) is 37.0 Å². The Labute approximate surface area is 112 Å². The molecule has 0 amide bonds. The molecule has 2 N–H and O–H groups in total. The maximum absolute atomic E-state index is 10.9. The Morgan fingerprint density at radius 2 is 2.21 bits per heavy atom. The SMILES string of the molecule is COc1cc(N2CC(C)CC(N)C2)ccc1[N+](=O)[O-]. The molecule has 6 heteroatoms. The maximum Gasteiger partial charge on any atom is 0.311 e. The molecule has 0 radical (unpaired) electrons. The first kappa shape index (κ1) is 13.6. The second-order valence-electron chi connectivity index (χ2n) is 5.12. The zero-order valence-electron chi connectivity index (χ0n) is 11.2. The van der Waals surface area contributed by atoms with E-state index < -0.39 is 4.92 Å². The van der Waals surface area contributed by atoms with Crippen molar-refractivity contribution in [2.45, 2.75) is 19.4 Å². The molecular formula is C13H19N3O3. The second kappa shape index (κ2) is 5.44. The molecule has 0 bridgehead atoms. The van der Waals surface area contributed by atoms with Crippen molar-refractivity contribution in [1.29, 1.82) is 0 Å². The van der Waals surface area contributed by atoms with Crippen molar-refractivity contribution in [3.05, 3.63) is 28.3 Å². The van der Waals surface area contributed by atoms with Crippen LogP contribution >= 0.6 is 0 Å². The van der Waals surface area contributed by atoms with E-state index in [1.54, 1.807) is 12.1 Å². The average molecular weight is 265 g/mol. The van der Waals surface area contributed by atoms with E-state index in [0.717, 1.165) is 25.2 Å². The highest BCUT2D eigenvalue weighted by Gasteiger charge is 2.24. The van der Waals surface area contributed by atoms with Gasteiger partial charge in [0.2, 0.25) is 0 Å². The molecule has 0 aliphatic carbocycles. The summed E-state index contributed by atoms with van der Waals surface area (Å²) >= 11 is 0. The fourth-order valence-electron chi connectivity index (χ4n) is 2.62. The standard InChI is InChI=1S/C13H19N3O3/c1-9-5-10(14)8-15(7-9)11-3-4-12(16(17)18)13(6-11)19-2/h3-4,6,9-10H,5,7-8,14H2,1-2H3. The van der Waals surface area contributed by atoms with Gasteiger partial charge in [-0.25, -0.2) is 0 Å². The summed E-state index contributed by atoms with van der Waals surface area (Å²) in [5, 5.41) is 10.9. The van der Waals surface area contributed by atoms with Crippen molar-refractivity contribution >= 4 is 11.4 Å². The van der Waals surface area contributed by atoms with E-state index in [1.807, 2.05) is 0 Å². The predicted octanol–water partition coefficient (Wildman–Crippen LogP) is 1.78. The Bertz CT molecular complexity index is 468. The van der Waals surface area contributed by atoms with Crippen LogP contribution in [-0.4, -0.2) is 31.2 Å². The molecule has 0 spiro atoms. The third kappa shape index (κ3) is 2.96. The summed E-state index contributed by atoms with van der Waals surface area (Å²) < 4.78 is 5.09. The van der Waals surface area contributed by atoms with Crippen LogP contribution in [0, 0.1) is 16.0 Å². The van der Waals surface area contributed by atoms with Crippen LogP contribution in [0.2, 0.25) is 0 Å². The van der Waals surface area contributed by atoms with Gasteiger partial charge in [0.15, 0.2) is 5.75 Å². The highest BCUT2D eigenvalue weighted by atomic mass is 16.6. The number of rotatable bonds is 3. The lowest BCUT2D eigenvalue weighted by molar-refractivity contribution is -0.385. The quantitative estimate of drug-likeness (QED) is 0.665. The van der Waals surface area contributed by atoms with Crippen LogP contribution in [0.4, 0.5) is 11.4 Å². The van der Waals surface area contributed by atoms with Crippen molar-refractivity contribution in [3.63, 3.8) is 0 Å². The van der Waals surface area contributed by atoms with E-state index in [2.05, 4.69) is 11.8 Å². The van der Waals surface area contributed by atoms with Crippen molar-refractivity contribution in [2.75, 3.05) is 25.1 Å². The topological polar surface area (TPSA) is 81.6 Å². The van der Waals surface area contributed by atoms with E-state index in [4.69, 9.17) is 10.5 Å². The Hall–Kier alpha value is -1.82. The molecule has 0 saturated carbocycles. The molecule has 2 atom stereocenters. The zero-order chi connectivity index (χ0) is 14.0. The van der Waals surface area contributed by atoms with Gasteiger partial charge in [-0.15, -0.1) is 0 Å². The monoisotopic (exact) mass is 265 g/mol. The number of ether oxygens (including phenoxy) is 1. The molecule has 1 aliphatic heterocycles. The number of anilines is 1. The van der Waals surface area contributed by atoms with E-state index in [9.17, 15) is 10.1 Å². The predicted molar refractivity (Wildman–Crippen MR) is 73.6 cm³/mol. The molecule has 1 heterocycles. The van der Waals surface area contributed by atoms with E-state index in [-0.39, 0.29) is 17.5 Å². The zero-order valence-corrected chi connectivity index (χ0v) is 11.2. The lowest BCUT2D eigenvalue weighted by Crippen LogP contribution is -2.46. The van der Waals surface area contributed by atoms with Crippen molar-refractivity contribution in [3.8, 4) is 5.75 Å². The van der Waals surface area contributed by atoms with Gasteiger partial charge in [-0.2, -0.15) is 0 Å². The first-order valence-electron chi connectivity index (χ1n) is 6.34. The Kier molecular flexibility index (Phi) is 3.90. The fraction of sp³-hybridized carbons (Fsp3) is 0.538. The first-order chi connectivity index (χ1) is 9.01. The average Bonchev–Trinajstić information content (AvgIpc) is 2.36. The molecule has 6 nitrogen and oxygen atoms in total. The number of methoxy groups -OCH3 is 1. The van der Waals surface area contributed by atoms with Crippen molar-refractivity contribution in [2.24, 2.45) is 11.7 Å². The van der Waals surface area contributed by atoms with Crippen LogP contribution in [0.25, 0.3) is 0 Å². The minimum atomic E-state index is -0.437. The van der Waals surface area contributed by atoms with Crippen LogP contribution in [0.1, 0.15) is 13.3 Å². The summed E-state index contributed by atoms with van der Waals surface area (Å²) in [7, 11) is 1.44. The molecular weight excluding hydrogens is 246 g/mol. The summed E-state index contributed by atoms with van der Waals surface area (Å²) in [5.41, 5.74) is 6.93. The lowest BCUT2D eigenvalue weighted by atomic mass is 9.96. The maximum atomic E-state index is 10.9. The number of nitro groups is 1. The van der Waals surface area contributed by atoms with E-state index in [1.165, 1.54) is 13.2 Å². The van der Waals surface area contributed by atoms with Gasteiger partial charge in [-0.05, 0) is 18.4 Å². The van der Waals surface area contributed by atoms with Crippen LogP contribution in [0.5, 0.6) is 5.75 Å². The Morgan fingerprint density at radius 3 is 2.79 bits per heavy atom. The number of nitrogens with two attached hydrogens (primary N) is 1. The third-order valence-corrected chi connectivity index (χ3v) is 3.42. The molecule has 19 heavy (non-hydrogen) atoms. The summed E-state index contributed by atoms with van der Waals surface area (Å²) in [6.45, 7) is 3.84. The van der Waals surface area contributed by atoms with Crippen molar-refractivity contribution < 1.29 is 9.66 Å². The number of benzene rings is 1. The van der Waals surface area contributed by atoms with Gasteiger partial charge in [0.1, 0.15) is 0 Å². The molecule has 1 aromatic rings. The molecule has 2 rings (SSSR count). The van der Waals surface area contributed by atoms with Gasteiger partial charge in [0.05, 0.1) is 12.0 Å². The molecule has 0 aromatic heterocycles. The number of nitrogens with zero attached hydrogens (tertiary/aromatic N) is 2. The normalized spacial score (nSPS) is 23.2. The largest absolute Gasteiger partial charge is 0.490 e. The Balaban J connectivity index is 2.27. The number of hydrogen-bond acceptors (Lipinski definition) is 5. The second-order valence-corrected chi connectivity index (χ2v) is 5.12. The van der Waals surface area contributed by atoms with Gasteiger partial charge < -0.3 is 15.4 Å². The molecule has 1 aromatic carbocycles. The van der Waals surface area contributed by atoms with Crippen LogP contribution < -0.4 is 15.4 Å². The third-order valence-electron chi connectivity index (χ3n) is 3.42. The summed E-state index contributed by atoms with van der Waals surface area (Å²) in [6.07, 6.45) is 1.01. The van der Waals surface area contributed by atoms with Gasteiger partial charge in [-0.3, -0.25) is 10.1 Å². The number of piperidine rings is 1. The number of nitro benzene ring substituents is 1. The van der Waals surface area contributed by atoms with Gasteiger partial charge >= 0.3 is 5.69 Å². The minimum absolute atomic E-state index is 0.0133. The first-order valence-corrected chi connectivity index (χ1v) is 6.34. The van der Waals surface area contributed by atoms with Crippen molar-refractivity contribution in [1.82, 2.24) is 0 Å². The van der Waals surface area contributed by atoms with E-state index >= 15 is 0 Å². The van der Waals surface area contributed by atoms with E-state index in [0.29, 0.717) is 5.92 Å². The molecule has 104 valence electrons. The van der Waals surface area contributed by atoms with Gasteiger partial charge in [0.25, 0.3) is 0 Å². The van der Waals surface area contributed by atoms with Crippen LogP contribution in [0.15, 0.2) is 18.2 Å². The highest BCUT2D eigenvalue weighted by Crippen LogP contribution is 2.32. The lowest BCUT2D eigenvalue weighted by Gasteiger charge is -2.36. The summed E-state index contributed by atoms with van der Waals surface area (Å²) in [6, 6.07) is 5.10. The summed E-state index contributed by atoms with van der Waals surface area (Å²) in [4.78, 5) is 12.6. The molecule has 2 unspecified atom stereocenters. The van der Waals surface area contributed by atoms with Crippen LogP contribution in [-0.2, 0) is 0 Å². The molecule has 1 aliphatic rings. The van der Waals surface area contributed by atoms with Crippen LogP contribution in [0.3, 0.4) is 0 Å². The molecule has 1 saturated heterocycles. The minimum Gasteiger partial charge on any atom is -0.490 e. The number of hydrogen-bond donors (Lipinski definition) is 1. The fourth-order valence-corrected chi connectivity index (χ4v) is 2.62. The summed E-state index contributed by atoms with van der Waals surface area (Å²) in [5.74, 6) is 0.805. The van der Waals surface area contributed by atoms with Gasteiger partial charge in [-0.1, -0.05) is 6.92 Å².